The van der Waals surface area contributed by atoms with Crippen LogP contribution in [-0.2, 0) is 7.05 Å². The lowest BCUT2D eigenvalue weighted by atomic mass is 9.78. The quantitative estimate of drug-likeness (QED) is 0.856. The first kappa shape index (κ1) is 13.4. The number of aromatic nitrogens is 2. The lowest BCUT2D eigenvalue weighted by molar-refractivity contribution is 0.0866. The summed E-state index contributed by atoms with van der Waals surface area (Å²) >= 11 is 6.08. The highest BCUT2D eigenvalue weighted by Gasteiger charge is 2.35. The minimum absolute atomic E-state index is 0.120. The molecule has 1 heterocycles. The maximum absolute atomic E-state index is 12.1. The van der Waals surface area contributed by atoms with Crippen molar-refractivity contribution < 1.29 is 4.79 Å². The van der Waals surface area contributed by atoms with Crippen LogP contribution in [0.15, 0.2) is 12.3 Å². The number of hydrogen-bond donors (Lipinski definition) is 1. The summed E-state index contributed by atoms with van der Waals surface area (Å²) in [4.78, 5) is 12.1. The molecule has 1 aliphatic carbocycles. The zero-order chi connectivity index (χ0) is 13.2. The Bertz CT molecular complexity index is 422. The number of halogens is 1. The zero-order valence-corrected chi connectivity index (χ0v) is 11.7. The predicted octanol–water partition coefficient (Wildman–Crippen LogP) is 2.34. The maximum Gasteiger partial charge on any atom is 0.272 e. The zero-order valence-electron chi connectivity index (χ0n) is 10.9. The molecule has 1 aromatic rings. The van der Waals surface area contributed by atoms with E-state index in [9.17, 15) is 4.79 Å². The van der Waals surface area contributed by atoms with Gasteiger partial charge >= 0.3 is 0 Å². The minimum atomic E-state index is -0.247. The Hall–Kier alpha value is -1.03. The predicted molar refractivity (Wildman–Crippen MR) is 71.8 cm³/mol. The van der Waals surface area contributed by atoms with E-state index >= 15 is 0 Å². The van der Waals surface area contributed by atoms with Crippen molar-refractivity contribution in [2.75, 3.05) is 5.88 Å². The van der Waals surface area contributed by atoms with Crippen LogP contribution in [0, 0.1) is 5.92 Å². The molecule has 1 N–H and O–H groups in total. The van der Waals surface area contributed by atoms with Gasteiger partial charge in [0.2, 0.25) is 0 Å². The van der Waals surface area contributed by atoms with Crippen LogP contribution < -0.4 is 5.32 Å². The average Bonchev–Trinajstić information content (AvgIpc) is 2.79. The van der Waals surface area contributed by atoms with Gasteiger partial charge in [-0.05, 0) is 37.7 Å². The summed E-state index contributed by atoms with van der Waals surface area (Å²) in [5.74, 6) is 1.08. The summed E-state index contributed by atoms with van der Waals surface area (Å²) < 4.78 is 1.63. The molecule has 0 atom stereocenters. The Morgan fingerprint density at radius 3 is 2.78 bits per heavy atom. The van der Waals surface area contributed by atoms with Crippen LogP contribution in [0.3, 0.4) is 0 Å². The molecular weight excluding hydrogens is 250 g/mol. The molecule has 4 nitrogen and oxygen atoms in total. The van der Waals surface area contributed by atoms with Crippen LogP contribution in [0.4, 0.5) is 0 Å². The standard InChI is InChI=1S/C13H20ClN3O/c1-10-3-6-13(9-14,7-4-10)15-12(18)11-5-8-17(2)16-11/h5,8,10H,3-4,6-7,9H2,1-2H3,(H,15,18). The molecule has 0 saturated heterocycles. The second-order valence-electron chi connectivity index (χ2n) is 5.43. The summed E-state index contributed by atoms with van der Waals surface area (Å²) in [6.07, 6.45) is 5.92. The van der Waals surface area contributed by atoms with E-state index in [1.54, 1.807) is 24.0 Å². The van der Waals surface area contributed by atoms with Crippen molar-refractivity contribution in [2.45, 2.75) is 38.1 Å². The second kappa shape index (κ2) is 5.31. The van der Waals surface area contributed by atoms with Gasteiger partial charge in [-0.3, -0.25) is 9.48 Å². The Balaban J connectivity index is 2.04. The summed E-state index contributed by atoms with van der Waals surface area (Å²) in [6.45, 7) is 2.25. The fourth-order valence-electron chi connectivity index (χ4n) is 2.45. The second-order valence-corrected chi connectivity index (χ2v) is 5.69. The summed E-state index contributed by atoms with van der Waals surface area (Å²) in [5.41, 5.74) is 0.212. The van der Waals surface area contributed by atoms with Gasteiger partial charge in [0.25, 0.3) is 5.91 Å². The Morgan fingerprint density at radius 2 is 2.28 bits per heavy atom. The third kappa shape index (κ3) is 2.86. The van der Waals surface area contributed by atoms with E-state index in [4.69, 9.17) is 11.6 Å². The lowest BCUT2D eigenvalue weighted by Crippen LogP contribution is -2.52. The maximum atomic E-state index is 12.1. The van der Waals surface area contributed by atoms with Crippen LogP contribution in [0.5, 0.6) is 0 Å². The third-order valence-corrected chi connectivity index (χ3v) is 4.32. The highest BCUT2D eigenvalue weighted by Crippen LogP contribution is 2.32. The number of carbonyl (C=O) groups is 1. The van der Waals surface area contributed by atoms with Crippen molar-refractivity contribution in [3.05, 3.63) is 18.0 Å². The normalized spacial score (nSPS) is 28.1. The van der Waals surface area contributed by atoms with Crippen LogP contribution in [0.2, 0.25) is 0 Å². The van der Waals surface area contributed by atoms with E-state index in [1.165, 1.54) is 0 Å². The largest absolute Gasteiger partial charge is 0.344 e. The van der Waals surface area contributed by atoms with E-state index in [0.29, 0.717) is 11.6 Å². The number of nitrogens with zero attached hydrogens (tertiary/aromatic N) is 2. The van der Waals surface area contributed by atoms with Crippen LogP contribution in [0.25, 0.3) is 0 Å². The Morgan fingerprint density at radius 1 is 1.61 bits per heavy atom. The van der Waals surface area contributed by atoms with E-state index in [0.717, 1.165) is 31.6 Å². The van der Waals surface area contributed by atoms with Crippen molar-refractivity contribution in [1.29, 1.82) is 0 Å². The summed E-state index contributed by atoms with van der Waals surface area (Å²) in [5, 5.41) is 7.20. The van der Waals surface area contributed by atoms with Gasteiger partial charge in [-0.15, -0.1) is 11.6 Å². The first-order valence-electron chi connectivity index (χ1n) is 6.43. The van der Waals surface area contributed by atoms with Gasteiger partial charge < -0.3 is 5.32 Å². The molecule has 0 aliphatic heterocycles. The molecular formula is C13H20ClN3O. The number of aryl methyl sites for hydroxylation is 1. The smallest absolute Gasteiger partial charge is 0.272 e. The molecule has 0 spiro atoms. The number of alkyl halides is 1. The summed E-state index contributed by atoms with van der Waals surface area (Å²) in [7, 11) is 1.80. The van der Waals surface area contributed by atoms with Crippen molar-refractivity contribution in [3.63, 3.8) is 0 Å². The molecule has 1 amide bonds. The lowest BCUT2D eigenvalue weighted by Gasteiger charge is -2.38. The van der Waals surface area contributed by atoms with Crippen molar-refractivity contribution in [3.8, 4) is 0 Å². The fourth-order valence-corrected chi connectivity index (χ4v) is 2.78. The van der Waals surface area contributed by atoms with E-state index < -0.39 is 0 Å². The van der Waals surface area contributed by atoms with Crippen LogP contribution >= 0.6 is 11.6 Å². The number of amides is 1. The highest BCUT2D eigenvalue weighted by molar-refractivity contribution is 6.18. The van der Waals surface area contributed by atoms with Crippen molar-refractivity contribution >= 4 is 17.5 Å². The van der Waals surface area contributed by atoms with Crippen LogP contribution in [0.1, 0.15) is 43.1 Å². The van der Waals surface area contributed by atoms with Gasteiger partial charge in [0.15, 0.2) is 0 Å². The molecule has 2 rings (SSSR count). The van der Waals surface area contributed by atoms with Gasteiger partial charge in [0, 0.05) is 19.1 Å². The minimum Gasteiger partial charge on any atom is -0.344 e. The first-order chi connectivity index (χ1) is 8.54. The van der Waals surface area contributed by atoms with Gasteiger partial charge in [-0.2, -0.15) is 5.10 Å². The molecule has 0 bridgehead atoms. The molecule has 0 aromatic carbocycles. The van der Waals surface area contributed by atoms with Crippen LogP contribution in [-0.4, -0.2) is 27.1 Å². The van der Waals surface area contributed by atoms with Gasteiger partial charge in [0.1, 0.15) is 5.69 Å². The molecule has 1 aliphatic rings. The monoisotopic (exact) mass is 269 g/mol. The first-order valence-corrected chi connectivity index (χ1v) is 6.96. The topological polar surface area (TPSA) is 46.9 Å². The third-order valence-electron chi connectivity index (χ3n) is 3.81. The van der Waals surface area contributed by atoms with Gasteiger partial charge in [-0.1, -0.05) is 6.92 Å². The van der Waals surface area contributed by atoms with Gasteiger partial charge in [0.05, 0.1) is 5.54 Å². The van der Waals surface area contributed by atoms with E-state index in [2.05, 4.69) is 17.3 Å². The van der Waals surface area contributed by atoms with E-state index in [1.807, 2.05) is 0 Å². The molecule has 1 saturated carbocycles. The molecule has 18 heavy (non-hydrogen) atoms. The Kier molecular flexibility index (Phi) is 3.95. The average molecular weight is 270 g/mol. The molecule has 5 heteroatoms. The fraction of sp³-hybridized carbons (Fsp3) is 0.692. The molecule has 0 radical (unpaired) electrons. The highest BCUT2D eigenvalue weighted by atomic mass is 35.5. The SMILES string of the molecule is CC1CCC(CCl)(NC(=O)c2ccn(C)n2)CC1. The summed E-state index contributed by atoms with van der Waals surface area (Å²) in [6, 6.07) is 1.72. The molecule has 1 aromatic heterocycles. The van der Waals surface area contributed by atoms with Crippen molar-refractivity contribution in [2.24, 2.45) is 13.0 Å². The molecule has 100 valence electrons. The number of nitrogens with one attached hydrogen (secondary N) is 1. The van der Waals surface area contributed by atoms with E-state index in [-0.39, 0.29) is 11.4 Å². The van der Waals surface area contributed by atoms with Gasteiger partial charge in [-0.25, -0.2) is 0 Å². The number of hydrogen-bond acceptors (Lipinski definition) is 2. The van der Waals surface area contributed by atoms with Crippen molar-refractivity contribution in [1.82, 2.24) is 15.1 Å². The number of rotatable bonds is 3. The molecule has 0 unspecified atom stereocenters. The Labute approximate surface area is 113 Å². The number of carbonyl (C=O) groups excluding carboxylic acids is 1. The molecule has 1 fully saturated rings.